The third-order valence-corrected chi connectivity index (χ3v) is 3.65. The van der Waals surface area contributed by atoms with Gasteiger partial charge in [-0.3, -0.25) is 4.79 Å². The molecule has 1 aromatic carbocycles. The average molecular weight is 257 g/mol. The minimum absolute atomic E-state index is 0.341. The number of imidazole rings is 1. The maximum Gasteiger partial charge on any atom is 0.284 e. The van der Waals surface area contributed by atoms with Crippen molar-refractivity contribution in [2.24, 2.45) is 5.73 Å². The molecule has 2 aromatic rings. The maximum atomic E-state index is 11.5. The zero-order valence-electron chi connectivity index (χ0n) is 10.8. The van der Waals surface area contributed by atoms with Gasteiger partial charge in [0, 0.05) is 13.1 Å². The lowest BCUT2D eigenvalue weighted by Crippen LogP contribution is -2.26. The molecule has 1 radical (unpaired) electrons. The predicted molar refractivity (Wildman–Crippen MR) is 72.8 cm³/mol. The lowest BCUT2D eigenvalue weighted by molar-refractivity contribution is 0.0986. The van der Waals surface area contributed by atoms with E-state index in [4.69, 9.17) is 5.73 Å². The molecule has 1 fully saturated rings. The van der Waals surface area contributed by atoms with Gasteiger partial charge in [0.1, 0.15) is 0 Å². The second-order valence-corrected chi connectivity index (χ2v) is 4.91. The van der Waals surface area contributed by atoms with E-state index < -0.39 is 5.91 Å². The maximum absolute atomic E-state index is 11.5. The van der Waals surface area contributed by atoms with Gasteiger partial charge >= 0.3 is 0 Å². The molecular weight excluding hydrogens is 240 g/mol. The van der Waals surface area contributed by atoms with Crippen LogP contribution in [0.3, 0.4) is 0 Å². The number of nitrogens with zero attached hydrogens (tertiary/aromatic N) is 3. The average Bonchev–Trinajstić information content (AvgIpc) is 3.03. The van der Waals surface area contributed by atoms with Crippen molar-refractivity contribution in [3.63, 3.8) is 0 Å². The van der Waals surface area contributed by atoms with Gasteiger partial charge in [-0.1, -0.05) is 6.07 Å². The van der Waals surface area contributed by atoms with Crippen LogP contribution in [0.5, 0.6) is 0 Å². The Hall–Kier alpha value is -1.88. The molecule has 1 saturated heterocycles. The van der Waals surface area contributed by atoms with Gasteiger partial charge in [0.05, 0.1) is 11.0 Å². The number of nitrogens with two attached hydrogens (primary N) is 1. The van der Waals surface area contributed by atoms with Crippen LogP contribution in [0.2, 0.25) is 0 Å². The van der Waals surface area contributed by atoms with Gasteiger partial charge in [0.25, 0.3) is 5.91 Å². The quantitative estimate of drug-likeness (QED) is 0.889. The van der Waals surface area contributed by atoms with Crippen LogP contribution in [0.4, 0.5) is 0 Å². The first-order valence-electron chi connectivity index (χ1n) is 6.64. The normalized spacial score (nSPS) is 16.2. The molecule has 19 heavy (non-hydrogen) atoms. The van der Waals surface area contributed by atoms with E-state index in [0.29, 0.717) is 5.82 Å². The Balaban J connectivity index is 1.90. The monoisotopic (exact) mass is 257 g/mol. The van der Waals surface area contributed by atoms with Gasteiger partial charge in [0.15, 0.2) is 5.82 Å². The smallest absolute Gasteiger partial charge is 0.284 e. The van der Waals surface area contributed by atoms with Crippen LogP contribution in [0.25, 0.3) is 11.0 Å². The summed E-state index contributed by atoms with van der Waals surface area (Å²) in [4.78, 5) is 18.2. The van der Waals surface area contributed by atoms with Crippen LogP contribution in [0, 0.1) is 6.07 Å². The third kappa shape index (κ3) is 2.33. The Morgan fingerprint density at radius 2 is 2.16 bits per heavy atom. The first-order chi connectivity index (χ1) is 9.25. The molecule has 0 saturated carbocycles. The molecule has 5 nitrogen and oxygen atoms in total. The van der Waals surface area contributed by atoms with Gasteiger partial charge in [-0.05, 0) is 44.1 Å². The summed E-state index contributed by atoms with van der Waals surface area (Å²) in [6, 6.07) is 8.52. The minimum Gasteiger partial charge on any atom is -0.363 e. The SMILES string of the molecule is NC(=O)c1nc2c[c]ccc2n1CCN1CCCC1. The molecule has 99 valence electrons. The van der Waals surface area contributed by atoms with Crippen LogP contribution < -0.4 is 5.73 Å². The fourth-order valence-corrected chi connectivity index (χ4v) is 2.68. The Morgan fingerprint density at radius 1 is 1.37 bits per heavy atom. The van der Waals surface area contributed by atoms with E-state index in [0.717, 1.165) is 37.2 Å². The van der Waals surface area contributed by atoms with E-state index in [-0.39, 0.29) is 0 Å². The van der Waals surface area contributed by atoms with E-state index >= 15 is 0 Å². The van der Waals surface area contributed by atoms with Crippen molar-refractivity contribution in [3.8, 4) is 0 Å². The van der Waals surface area contributed by atoms with E-state index in [1.165, 1.54) is 12.8 Å². The van der Waals surface area contributed by atoms with Crippen LogP contribution in [0.1, 0.15) is 23.5 Å². The summed E-state index contributed by atoms with van der Waals surface area (Å²) < 4.78 is 1.92. The van der Waals surface area contributed by atoms with Crippen LogP contribution in [-0.4, -0.2) is 40.0 Å². The van der Waals surface area contributed by atoms with Gasteiger partial charge in [0.2, 0.25) is 0 Å². The second kappa shape index (κ2) is 5.01. The topological polar surface area (TPSA) is 64.2 Å². The zero-order chi connectivity index (χ0) is 13.2. The van der Waals surface area contributed by atoms with Crippen molar-refractivity contribution in [2.75, 3.05) is 19.6 Å². The van der Waals surface area contributed by atoms with E-state index in [1.807, 2.05) is 16.7 Å². The van der Waals surface area contributed by atoms with Crippen molar-refractivity contribution in [1.82, 2.24) is 14.5 Å². The third-order valence-electron chi connectivity index (χ3n) is 3.65. The number of likely N-dealkylation sites (tertiary alicyclic amines) is 1. The fraction of sp³-hybridized carbons (Fsp3) is 0.429. The molecule has 3 rings (SSSR count). The van der Waals surface area contributed by atoms with Crippen molar-refractivity contribution in [1.29, 1.82) is 0 Å². The Morgan fingerprint density at radius 3 is 2.89 bits per heavy atom. The van der Waals surface area contributed by atoms with Crippen molar-refractivity contribution in [3.05, 3.63) is 30.1 Å². The van der Waals surface area contributed by atoms with Gasteiger partial charge < -0.3 is 15.2 Å². The zero-order valence-corrected chi connectivity index (χ0v) is 10.8. The van der Waals surface area contributed by atoms with E-state index in [2.05, 4.69) is 16.0 Å². The summed E-state index contributed by atoms with van der Waals surface area (Å²) in [5.41, 5.74) is 7.14. The second-order valence-electron chi connectivity index (χ2n) is 4.91. The lowest BCUT2D eigenvalue weighted by atomic mass is 10.3. The molecule has 0 spiro atoms. The van der Waals surface area contributed by atoms with Crippen molar-refractivity contribution >= 4 is 16.9 Å². The summed E-state index contributed by atoms with van der Waals surface area (Å²) in [7, 11) is 0. The van der Waals surface area contributed by atoms with Crippen LogP contribution in [-0.2, 0) is 6.54 Å². The van der Waals surface area contributed by atoms with Crippen molar-refractivity contribution < 1.29 is 4.79 Å². The number of carbonyl (C=O) groups is 1. The highest BCUT2D eigenvalue weighted by Gasteiger charge is 2.17. The first kappa shape index (κ1) is 12.2. The van der Waals surface area contributed by atoms with Gasteiger partial charge in [-0.15, -0.1) is 0 Å². The Kier molecular flexibility index (Phi) is 3.21. The summed E-state index contributed by atoms with van der Waals surface area (Å²) in [5.74, 6) is -0.133. The number of aromatic nitrogens is 2. The summed E-state index contributed by atoms with van der Waals surface area (Å²) in [6.45, 7) is 3.97. The molecule has 0 bridgehead atoms. The molecule has 1 aliphatic heterocycles. The molecule has 0 unspecified atom stereocenters. The number of fused-ring (bicyclic) bond motifs is 1. The minimum atomic E-state index is -0.474. The Labute approximate surface area is 112 Å². The Bertz CT molecular complexity index is 599. The number of rotatable bonds is 4. The number of hydrogen-bond acceptors (Lipinski definition) is 3. The first-order valence-corrected chi connectivity index (χ1v) is 6.64. The van der Waals surface area contributed by atoms with Crippen LogP contribution >= 0.6 is 0 Å². The van der Waals surface area contributed by atoms with Gasteiger partial charge in [-0.25, -0.2) is 4.98 Å². The van der Waals surface area contributed by atoms with Crippen molar-refractivity contribution in [2.45, 2.75) is 19.4 Å². The summed E-state index contributed by atoms with van der Waals surface area (Å²) in [6.07, 6.45) is 2.53. The highest BCUT2D eigenvalue weighted by Crippen LogP contribution is 2.16. The highest BCUT2D eigenvalue weighted by molar-refractivity contribution is 5.93. The summed E-state index contributed by atoms with van der Waals surface area (Å²) >= 11 is 0. The molecule has 0 atom stereocenters. The molecular formula is C14H17N4O. The number of carbonyl (C=O) groups excluding carboxylic acids is 1. The number of benzene rings is 1. The van der Waals surface area contributed by atoms with Crippen LogP contribution in [0.15, 0.2) is 18.2 Å². The number of amides is 1. The largest absolute Gasteiger partial charge is 0.363 e. The molecule has 0 aliphatic carbocycles. The highest BCUT2D eigenvalue weighted by atomic mass is 16.1. The van der Waals surface area contributed by atoms with E-state index in [1.54, 1.807) is 6.07 Å². The van der Waals surface area contributed by atoms with Gasteiger partial charge in [-0.2, -0.15) is 0 Å². The number of hydrogen-bond donors (Lipinski definition) is 1. The fourth-order valence-electron chi connectivity index (χ4n) is 2.68. The molecule has 2 N–H and O–H groups in total. The summed E-state index contributed by atoms with van der Waals surface area (Å²) in [5, 5.41) is 0. The molecule has 5 heteroatoms. The molecule has 1 aromatic heterocycles. The standard InChI is InChI=1S/C14H17N4O/c15-13(19)14-16-11-5-1-2-6-12(11)18(14)10-9-17-7-3-4-8-17/h2,5-6H,3-4,7-10H2,(H2,15,19). The van der Waals surface area contributed by atoms with E-state index in [9.17, 15) is 4.79 Å². The molecule has 1 amide bonds. The molecule has 2 heterocycles. The predicted octanol–water partition coefficient (Wildman–Crippen LogP) is 1.03. The lowest BCUT2D eigenvalue weighted by Gasteiger charge is -2.15. The molecule has 1 aliphatic rings. The number of primary amides is 1.